The van der Waals surface area contributed by atoms with E-state index in [0.717, 1.165) is 0 Å². The Balaban J connectivity index is 1.67. The molecule has 2 fully saturated rings. The molecule has 0 spiro atoms. The van der Waals surface area contributed by atoms with Crippen LogP contribution in [-0.4, -0.2) is 57.6 Å². The van der Waals surface area contributed by atoms with Crippen LogP contribution in [0.15, 0.2) is 28.8 Å². The van der Waals surface area contributed by atoms with E-state index in [1.165, 1.54) is 25.7 Å². The van der Waals surface area contributed by atoms with Crippen molar-refractivity contribution in [2.75, 3.05) is 6.54 Å². The van der Waals surface area contributed by atoms with Crippen molar-refractivity contribution in [2.24, 2.45) is 22.7 Å². The van der Waals surface area contributed by atoms with Gasteiger partial charge in [0.15, 0.2) is 6.04 Å². The SMILES string of the molecule is [2H]c1nnc(C(C#N)NC(=O)[C@@H]2[C@@H]3[C@H](CN2C(=O)[C@@H](NC(=O)C(F)(F)F)C(C)(C)C)C3(C)C)c2c(Br)cccc12. The Bertz CT molecular complexity index is 1440. The van der Waals surface area contributed by atoms with Crippen molar-refractivity contribution in [1.29, 1.82) is 5.26 Å². The number of likely N-dealkylation sites (tertiary alicyclic amines) is 1. The van der Waals surface area contributed by atoms with Gasteiger partial charge < -0.3 is 15.5 Å². The second-order valence-corrected chi connectivity index (χ2v) is 12.4. The number of nitrogens with one attached hydrogen (secondary N) is 2. The van der Waals surface area contributed by atoms with E-state index in [1.807, 2.05) is 25.2 Å². The Kier molecular flexibility index (Phi) is 6.81. The molecule has 1 aliphatic carbocycles. The summed E-state index contributed by atoms with van der Waals surface area (Å²) in [5.41, 5.74) is -1.33. The second kappa shape index (κ2) is 9.73. The molecule has 2 aliphatic rings. The predicted molar refractivity (Wildman–Crippen MR) is 137 cm³/mol. The molecule has 2 aromatic rings. The third-order valence-corrected chi connectivity index (χ3v) is 8.35. The van der Waals surface area contributed by atoms with Crippen LogP contribution in [0.1, 0.15) is 47.7 Å². The van der Waals surface area contributed by atoms with E-state index in [1.54, 1.807) is 18.2 Å². The third-order valence-electron chi connectivity index (χ3n) is 7.69. The molecule has 1 unspecified atom stereocenters. The van der Waals surface area contributed by atoms with Gasteiger partial charge in [-0.1, -0.05) is 62.7 Å². The fourth-order valence-corrected chi connectivity index (χ4v) is 6.06. The molecule has 1 saturated heterocycles. The second-order valence-electron chi connectivity index (χ2n) is 11.6. The summed E-state index contributed by atoms with van der Waals surface area (Å²) in [5, 5.41) is 23.1. The summed E-state index contributed by atoms with van der Waals surface area (Å²) in [6.07, 6.45) is -5.31. The molecule has 1 saturated carbocycles. The summed E-state index contributed by atoms with van der Waals surface area (Å²) < 4.78 is 47.8. The molecule has 5 atom stereocenters. The fourth-order valence-electron chi connectivity index (χ4n) is 5.49. The number of aromatic nitrogens is 2. The highest BCUT2D eigenvalue weighted by Crippen LogP contribution is 2.65. The van der Waals surface area contributed by atoms with E-state index in [0.29, 0.717) is 15.2 Å². The number of halogens is 4. The van der Waals surface area contributed by atoms with Gasteiger partial charge in [-0.25, -0.2) is 0 Å². The summed E-state index contributed by atoms with van der Waals surface area (Å²) in [7, 11) is 0. The molecule has 1 aromatic carbocycles. The molecule has 9 nitrogen and oxygen atoms in total. The Morgan fingerprint density at radius 3 is 2.51 bits per heavy atom. The molecule has 3 amide bonds. The van der Waals surface area contributed by atoms with Crippen LogP contribution < -0.4 is 10.6 Å². The van der Waals surface area contributed by atoms with Crippen molar-refractivity contribution < 1.29 is 28.9 Å². The molecule has 2 heterocycles. The van der Waals surface area contributed by atoms with Gasteiger partial charge in [-0.05, 0) is 28.7 Å². The van der Waals surface area contributed by atoms with Gasteiger partial charge in [0.2, 0.25) is 11.8 Å². The van der Waals surface area contributed by atoms with Crippen molar-refractivity contribution in [3.05, 3.63) is 34.5 Å². The first-order valence-corrected chi connectivity index (χ1v) is 13.0. The standard InChI is InChI=1S/C26H28BrF3N6O3/c1-24(2,3)20(34-23(39)26(28,29)30)22(38)36-11-13-17(25(13,4)5)19(36)21(37)33-15(9-31)18-16-12(10-32-35-18)7-6-8-14(16)27/h6-8,10,13,15,17,19-20H,11H2,1-5H3,(H,33,37)(H,34,39)/t13-,15?,17-,19-,20+/m0/s1/i10D. The molecule has 2 N–H and O–H groups in total. The van der Waals surface area contributed by atoms with E-state index in [9.17, 15) is 32.8 Å². The van der Waals surface area contributed by atoms with Gasteiger partial charge in [0, 0.05) is 21.8 Å². The smallest absolute Gasteiger partial charge is 0.336 e. The average molecular weight is 610 g/mol. The lowest BCUT2D eigenvalue weighted by molar-refractivity contribution is -0.176. The number of hydrogen-bond acceptors (Lipinski definition) is 6. The summed E-state index contributed by atoms with van der Waals surface area (Å²) >= 11 is 3.40. The number of nitriles is 1. The van der Waals surface area contributed by atoms with Crippen molar-refractivity contribution in [3.63, 3.8) is 0 Å². The first kappa shape index (κ1) is 27.3. The first-order valence-electron chi connectivity index (χ1n) is 12.7. The van der Waals surface area contributed by atoms with Crippen LogP contribution in [0.3, 0.4) is 0 Å². The molecule has 39 heavy (non-hydrogen) atoms. The lowest BCUT2D eigenvalue weighted by atomic mass is 9.85. The summed E-state index contributed by atoms with van der Waals surface area (Å²) in [6.45, 7) is 8.54. The molecule has 1 aliphatic heterocycles. The first-order chi connectivity index (χ1) is 18.4. The Morgan fingerprint density at radius 1 is 1.26 bits per heavy atom. The van der Waals surface area contributed by atoms with Crippen molar-refractivity contribution in [3.8, 4) is 6.07 Å². The zero-order valence-corrected chi connectivity index (χ0v) is 23.4. The van der Waals surface area contributed by atoms with Gasteiger partial charge in [0.1, 0.15) is 17.8 Å². The number of piperidine rings is 1. The largest absolute Gasteiger partial charge is 0.471 e. The highest BCUT2D eigenvalue weighted by molar-refractivity contribution is 9.10. The normalized spacial score (nSPS) is 23.7. The zero-order chi connectivity index (χ0) is 29.9. The Hall–Kier alpha value is -3.27. The lowest BCUT2D eigenvalue weighted by Crippen LogP contribution is -2.60. The number of fused-ring (bicyclic) bond motifs is 2. The van der Waals surface area contributed by atoms with Crippen LogP contribution in [0, 0.1) is 34.0 Å². The van der Waals surface area contributed by atoms with Crippen molar-refractivity contribution in [2.45, 2.75) is 58.9 Å². The number of hydrogen-bond donors (Lipinski definition) is 2. The highest BCUT2D eigenvalue weighted by atomic mass is 79.9. The van der Waals surface area contributed by atoms with Crippen LogP contribution in [0.4, 0.5) is 13.2 Å². The number of carbonyl (C=O) groups is 3. The zero-order valence-electron chi connectivity index (χ0n) is 22.9. The Labute approximate surface area is 233 Å². The monoisotopic (exact) mass is 609 g/mol. The lowest BCUT2D eigenvalue weighted by Gasteiger charge is -2.37. The van der Waals surface area contributed by atoms with Crippen LogP contribution in [0.5, 0.6) is 0 Å². The molecule has 1 aromatic heterocycles. The maximum absolute atomic E-state index is 13.7. The van der Waals surface area contributed by atoms with Crippen LogP contribution >= 0.6 is 15.9 Å². The molecule has 13 heteroatoms. The fraction of sp³-hybridized carbons (Fsp3) is 0.538. The summed E-state index contributed by atoms with van der Waals surface area (Å²) in [6, 6.07) is 3.06. The third kappa shape index (κ3) is 5.18. The number of benzene rings is 1. The van der Waals surface area contributed by atoms with E-state index in [4.69, 9.17) is 1.37 Å². The molecule has 0 bridgehead atoms. The molecule has 4 rings (SSSR count). The average Bonchev–Trinajstić information content (AvgIpc) is 3.17. The number of amides is 3. The molecule has 208 valence electrons. The Morgan fingerprint density at radius 2 is 1.92 bits per heavy atom. The van der Waals surface area contributed by atoms with E-state index >= 15 is 0 Å². The number of rotatable bonds is 5. The maximum atomic E-state index is 13.7. The quantitative estimate of drug-likeness (QED) is 0.532. The van der Waals surface area contributed by atoms with Crippen molar-refractivity contribution in [1.82, 2.24) is 25.7 Å². The number of carbonyl (C=O) groups excluding carboxylic acids is 3. The van der Waals surface area contributed by atoms with Crippen molar-refractivity contribution >= 4 is 44.4 Å². The van der Waals surface area contributed by atoms with Crippen LogP contribution in [0.2, 0.25) is 0 Å². The maximum Gasteiger partial charge on any atom is 0.471 e. The van der Waals surface area contributed by atoms with Gasteiger partial charge in [0.25, 0.3) is 0 Å². The van der Waals surface area contributed by atoms with Gasteiger partial charge >= 0.3 is 12.1 Å². The van der Waals surface area contributed by atoms with Gasteiger partial charge in [-0.3, -0.25) is 14.4 Å². The number of nitrogens with zero attached hydrogens (tertiary/aromatic N) is 4. The van der Waals surface area contributed by atoms with E-state index in [-0.39, 0.29) is 35.7 Å². The molecular formula is C26H28BrF3N6O3. The van der Waals surface area contributed by atoms with Gasteiger partial charge in [-0.2, -0.15) is 28.6 Å². The molecule has 0 radical (unpaired) electrons. The number of alkyl halides is 3. The van der Waals surface area contributed by atoms with Crippen LogP contribution in [0.25, 0.3) is 10.8 Å². The minimum atomic E-state index is -5.19. The predicted octanol–water partition coefficient (Wildman–Crippen LogP) is 3.65. The topological polar surface area (TPSA) is 128 Å². The van der Waals surface area contributed by atoms with Crippen LogP contribution in [-0.2, 0) is 14.4 Å². The molecular weight excluding hydrogens is 581 g/mol. The van der Waals surface area contributed by atoms with Gasteiger partial charge in [-0.15, -0.1) is 0 Å². The highest BCUT2D eigenvalue weighted by Gasteiger charge is 2.70. The van der Waals surface area contributed by atoms with E-state index < -0.39 is 47.4 Å². The summed E-state index contributed by atoms with van der Waals surface area (Å²) in [5.74, 6) is -4.13. The summed E-state index contributed by atoms with van der Waals surface area (Å²) in [4.78, 5) is 40.4. The minimum Gasteiger partial charge on any atom is -0.336 e. The minimum absolute atomic E-state index is 0.0935. The van der Waals surface area contributed by atoms with E-state index in [2.05, 4.69) is 31.4 Å². The van der Waals surface area contributed by atoms with Gasteiger partial charge in [0.05, 0.1) is 13.6 Å².